The molecule has 2 N–H and O–H groups in total. The van der Waals surface area contributed by atoms with Crippen LogP contribution in [0.2, 0.25) is 0 Å². The first-order chi connectivity index (χ1) is 14.3. The number of aromatic nitrogens is 2. The van der Waals surface area contributed by atoms with Gasteiger partial charge in [0, 0.05) is 24.0 Å². The van der Waals surface area contributed by atoms with Gasteiger partial charge < -0.3 is 14.8 Å². The first-order valence-electron chi connectivity index (χ1n) is 9.46. The first kappa shape index (κ1) is 19.4. The number of benzene rings is 2. The third kappa shape index (κ3) is 3.43. The number of aromatic hydroxyl groups is 2. The molecule has 30 heavy (non-hydrogen) atoms. The van der Waals surface area contributed by atoms with E-state index >= 15 is 0 Å². The van der Waals surface area contributed by atoms with Gasteiger partial charge in [-0.05, 0) is 49.2 Å². The Morgan fingerprint density at radius 2 is 1.77 bits per heavy atom. The molecule has 6 heteroatoms. The van der Waals surface area contributed by atoms with Gasteiger partial charge >= 0.3 is 0 Å². The topological polar surface area (TPSA) is 92.4 Å². The lowest BCUT2D eigenvalue weighted by atomic mass is 9.98. The zero-order valence-corrected chi connectivity index (χ0v) is 16.6. The number of phenolic OH excluding ortho intramolecular Hbond substituents is 2. The molecule has 150 valence electrons. The Labute approximate surface area is 172 Å². The van der Waals surface area contributed by atoms with Crippen LogP contribution in [0.15, 0.2) is 65.7 Å². The van der Waals surface area contributed by atoms with Gasteiger partial charge in [-0.3, -0.25) is 14.6 Å². The average Bonchev–Trinajstić information content (AvgIpc) is 2.74. The Hall–Kier alpha value is -3.93. The first-order valence-corrected chi connectivity index (χ1v) is 9.46. The third-order valence-corrected chi connectivity index (χ3v) is 5.25. The molecule has 0 unspecified atom stereocenters. The van der Waals surface area contributed by atoms with E-state index in [1.165, 1.54) is 18.3 Å². The number of rotatable bonds is 4. The molecule has 2 aromatic heterocycles. The van der Waals surface area contributed by atoms with Crippen LogP contribution < -0.4 is 5.43 Å². The van der Waals surface area contributed by atoms with Crippen LogP contribution in [0.25, 0.3) is 10.9 Å². The van der Waals surface area contributed by atoms with Gasteiger partial charge in [0.15, 0.2) is 17.3 Å². The fourth-order valence-electron chi connectivity index (χ4n) is 3.41. The summed E-state index contributed by atoms with van der Waals surface area (Å²) in [6.45, 7) is 4.15. The number of aryl methyl sites for hydroxylation is 2. The molecule has 0 atom stereocenters. The maximum atomic E-state index is 13.2. The van der Waals surface area contributed by atoms with Crippen molar-refractivity contribution >= 4 is 16.7 Å². The van der Waals surface area contributed by atoms with Crippen molar-refractivity contribution in [2.24, 2.45) is 0 Å². The van der Waals surface area contributed by atoms with Crippen LogP contribution in [0.3, 0.4) is 0 Å². The minimum atomic E-state index is -0.499. The van der Waals surface area contributed by atoms with E-state index in [1.54, 1.807) is 29.0 Å². The second-order valence-electron chi connectivity index (χ2n) is 7.31. The number of nitrogens with zero attached hydrogens (tertiary/aromatic N) is 2. The molecule has 0 aliphatic rings. The quantitative estimate of drug-likeness (QED) is 0.402. The molecule has 0 amide bonds. The zero-order chi connectivity index (χ0) is 21.4. The number of carbonyl (C=O) groups excluding carboxylic acids is 1. The molecule has 4 rings (SSSR count). The summed E-state index contributed by atoms with van der Waals surface area (Å²) in [5.74, 6) is -1.16. The van der Waals surface area contributed by atoms with E-state index in [4.69, 9.17) is 0 Å². The van der Waals surface area contributed by atoms with Gasteiger partial charge in [0.05, 0.1) is 28.7 Å². The fourth-order valence-corrected chi connectivity index (χ4v) is 3.41. The molecule has 6 nitrogen and oxygen atoms in total. The third-order valence-electron chi connectivity index (χ3n) is 5.25. The maximum Gasteiger partial charge on any atom is 0.200 e. The molecule has 0 radical (unpaired) electrons. The average molecular weight is 400 g/mol. The van der Waals surface area contributed by atoms with Crippen molar-refractivity contribution in [1.82, 2.24) is 9.55 Å². The van der Waals surface area contributed by atoms with Crippen molar-refractivity contribution in [3.8, 4) is 11.5 Å². The predicted molar refractivity (Wildman–Crippen MR) is 114 cm³/mol. The lowest BCUT2D eigenvalue weighted by Crippen LogP contribution is -2.20. The summed E-state index contributed by atoms with van der Waals surface area (Å²) >= 11 is 0. The largest absolute Gasteiger partial charge is 0.504 e. The van der Waals surface area contributed by atoms with Crippen LogP contribution in [0.1, 0.15) is 32.7 Å². The van der Waals surface area contributed by atoms with Crippen LogP contribution in [-0.4, -0.2) is 25.5 Å². The molecule has 0 bridgehead atoms. The van der Waals surface area contributed by atoms with Gasteiger partial charge in [-0.1, -0.05) is 18.2 Å². The highest BCUT2D eigenvalue weighted by atomic mass is 16.3. The molecule has 0 aliphatic carbocycles. The van der Waals surface area contributed by atoms with Crippen LogP contribution in [-0.2, 0) is 6.54 Å². The summed E-state index contributed by atoms with van der Waals surface area (Å²) < 4.78 is 1.69. The second-order valence-corrected chi connectivity index (χ2v) is 7.31. The number of carbonyl (C=O) groups is 1. The number of hydrogen-bond acceptors (Lipinski definition) is 5. The Bertz CT molecular complexity index is 1340. The zero-order valence-electron chi connectivity index (χ0n) is 16.6. The molecular weight excluding hydrogens is 380 g/mol. The molecule has 2 aromatic carbocycles. The number of pyridine rings is 2. The minimum absolute atomic E-state index is 0.00762. The lowest BCUT2D eigenvalue weighted by Gasteiger charge is -2.14. The minimum Gasteiger partial charge on any atom is -0.504 e. The van der Waals surface area contributed by atoms with E-state index in [0.29, 0.717) is 11.1 Å². The summed E-state index contributed by atoms with van der Waals surface area (Å²) in [6.07, 6.45) is 3.15. The van der Waals surface area contributed by atoms with E-state index < -0.39 is 17.0 Å². The SMILES string of the molecule is Cc1ccc(C(=O)c2cn(Cc3ccccn3)c3cc(O)c(O)cc3c2=O)cc1C. The van der Waals surface area contributed by atoms with E-state index in [1.807, 2.05) is 32.0 Å². The number of fused-ring (bicyclic) bond motifs is 1. The number of phenols is 2. The van der Waals surface area contributed by atoms with E-state index in [0.717, 1.165) is 16.8 Å². The van der Waals surface area contributed by atoms with Crippen molar-refractivity contribution in [3.05, 3.63) is 99.1 Å². The van der Waals surface area contributed by atoms with Crippen molar-refractivity contribution in [1.29, 1.82) is 0 Å². The van der Waals surface area contributed by atoms with Gasteiger partial charge in [-0.2, -0.15) is 0 Å². The Morgan fingerprint density at radius 3 is 2.47 bits per heavy atom. The van der Waals surface area contributed by atoms with Crippen molar-refractivity contribution < 1.29 is 15.0 Å². The Morgan fingerprint density at radius 1 is 1.00 bits per heavy atom. The maximum absolute atomic E-state index is 13.2. The fraction of sp³-hybridized carbons (Fsp3) is 0.125. The molecule has 0 saturated heterocycles. The van der Waals surface area contributed by atoms with Gasteiger partial charge in [-0.15, -0.1) is 0 Å². The molecule has 0 fully saturated rings. The van der Waals surface area contributed by atoms with E-state index in [-0.39, 0.29) is 23.2 Å². The second kappa shape index (κ2) is 7.48. The standard InChI is InChI=1S/C24H20N2O4/c1-14-6-7-16(9-15(14)2)23(29)19-13-26(12-17-5-3-4-8-25-17)20-11-22(28)21(27)10-18(20)24(19)30/h3-11,13,27-28H,12H2,1-2H3. The van der Waals surface area contributed by atoms with Crippen LogP contribution in [0.4, 0.5) is 0 Å². The smallest absolute Gasteiger partial charge is 0.200 e. The summed E-state index contributed by atoms with van der Waals surface area (Å²) in [5, 5.41) is 20.1. The highest BCUT2D eigenvalue weighted by molar-refractivity contribution is 6.10. The molecule has 0 saturated carbocycles. The summed E-state index contributed by atoms with van der Waals surface area (Å²) in [6, 6.07) is 13.3. The van der Waals surface area contributed by atoms with Crippen LogP contribution >= 0.6 is 0 Å². The summed E-state index contributed by atoms with van der Waals surface area (Å²) in [4.78, 5) is 30.6. The highest BCUT2D eigenvalue weighted by Gasteiger charge is 2.19. The van der Waals surface area contributed by atoms with Crippen LogP contribution in [0.5, 0.6) is 11.5 Å². The van der Waals surface area contributed by atoms with Gasteiger partial charge in [-0.25, -0.2) is 0 Å². The van der Waals surface area contributed by atoms with Crippen molar-refractivity contribution in [2.75, 3.05) is 0 Å². The van der Waals surface area contributed by atoms with Crippen molar-refractivity contribution in [3.63, 3.8) is 0 Å². The molecule has 4 aromatic rings. The lowest BCUT2D eigenvalue weighted by molar-refractivity contribution is 0.103. The highest BCUT2D eigenvalue weighted by Crippen LogP contribution is 2.29. The molecule has 2 heterocycles. The van der Waals surface area contributed by atoms with Gasteiger partial charge in [0.1, 0.15) is 0 Å². The number of hydrogen-bond donors (Lipinski definition) is 2. The Kier molecular flexibility index (Phi) is 4.83. The number of ketones is 1. The molecular formula is C24H20N2O4. The van der Waals surface area contributed by atoms with Gasteiger partial charge in [0.25, 0.3) is 0 Å². The monoisotopic (exact) mass is 400 g/mol. The van der Waals surface area contributed by atoms with E-state index in [2.05, 4.69) is 4.98 Å². The summed E-state index contributed by atoms with van der Waals surface area (Å²) in [7, 11) is 0. The van der Waals surface area contributed by atoms with Crippen molar-refractivity contribution in [2.45, 2.75) is 20.4 Å². The summed E-state index contributed by atoms with van der Waals surface area (Å²) in [5.41, 5.74) is 3.04. The molecule has 0 spiro atoms. The predicted octanol–water partition coefficient (Wildman–Crippen LogP) is 3.70. The van der Waals surface area contributed by atoms with Gasteiger partial charge in [0.2, 0.25) is 5.43 Å². The normalized spacial score (nSPS) is 11.0. The van der Waals surface area contributed by atoms with Crippen LogP contribution in [0, 0.1) is 13.8 Å². The Balaban J connectivity index is 1.94. The van der Waals surface area contributed by atoms with E-state index in [9.17, 15) is 19.8 Å². The molecule has 0 aliphatic heterocycles.